The quantitative estimate of drug-likeness (QED) is 0.811. The molecule has 1 saturated carbocycles. The monoisotopic (exact) mass is 331 g/mol. The van der Waals surface area contributed by atoms with Gasteiger partial charge in [-0.3, -0.25) is 9.59 Å². The topological polar surface area (TPSA) is 112 Å². The average Bonchev–Trinajstić information content (AvgIpc) is 2.96. The van der Waals surface area contributed by atoms with Gasteiger partial charge in [0, 0.05) is 19.9 Å². The summed E-state index contributed by atoms with van der Waals surface area (Å²) in [7, 11) is 1.49. The minimum Gasteiger partial charge on any atom is -0.378 e. The number of carbonyl (C=O) groups is 2. The van der Waals surface area contributed by atoms with Crippen LogP contribution in [-0.4, -0.2) is 40.1 Å². The minimum absolute atomic E-state index is 0.110. The van der Waals surface area contributed by atoms with Crippen LogP contribution in [0.1, 0.15) is 46.8 Å². The van der Waals surface area contributed by atoms with E-state index < -0.39 is 5.91 Å². The van der Waals surface area contributed by atoms with Crippen LogP contribution in [0.4, 0.5) is 0 Å². The van der Waals surface area contributed by atoms with E-state index in [1.165, 1.54) is 17.8 Å². The van der Waals surface area contributed by atoms with Gasteiger partial charge in [-0.1, -0.05) is 13.8 Å². The second-order valence-electron chi connectivity index (χ2n) is 6.78. The molecule has 0 spiro atoms. The van der Waals surface area contributed by atoms with Crippen molar-refractivity contribution in [2.45, 2.75) is 26.9 Å². The molecule has 1 fully saturated rings. The Labute approximate surface area is 139 Å². The Balaban J connectivity index is 1.92. The molecule has 128 valence electrons. The zero-order valence-electron chi connectivity index (χ0n) is 14.0. The van der Waals surface area contributed by atoms with Gasteiger partial charge in [-0.2, -0.15) is 5.10 Å². The number of nitrogens with two attached hydrogens (primary N) is 1. The normalized spacial score (nSPS) is 18.5. The molecular formula is C16H21N5O3. The highest BCUT2D eigenvalue weighted by molar-refractivity contribution is 6.01. The predicted molar refractivity (Wildman–Crippen MR) is 86.4 cm³/mol. The molecule has 2 aromatic heterocycles. The fourth-order valence-corrected chi connectivity index (χ4v) is 2.88. The Bertz CT molecular complexity index is 811. The molecule has 0 bridgehead atoms. The summed E-state index contributed by atoms with van der Waals surface area (Å²) < 4.78 is 6.40. The molecule has 1 unspecified atom stereocenters. The highest BCUT2D eigenvalue weighted by Crippen LogP contribution is 2.50. The number of methoxy groups -OCH3 is 1. The van der Waals surface area contributed by atoms with Crippen LogP contribution in [-0.2, 0) is 11.3 Å². The molecule has 1 atom stereocenters. The molecule has 2 aromatic rings. The summed E-state index contributed by atoms with van der Waals surface area (Å²) in [6.07, 6.45) is 2.57. The number of rotatable bonds is 6. The third-order valence-corrected chi connectivity index (χ3v) is 4.58. The zero-order valence-corrected chi connectivity index (χ0v) is 14.0. The number of hydrogen-bond acceptors (Lipinski definition) is 5. The van der Waals surface area contributed by atoms with Crippen LogP contribution in [0.5, 0.6) is 0 Å². The maximum absolute atomic E-state index is 12.5. The molecule has 3 rings (SSSR count). The van der Waals surface area contributed by atoms with E-state index in [0.29, 0.717) is 23.9 Å². The number of amides is 2. The third-order valence-electron chi connectivity index (χ3n) is 4.58. The first-order chi connectivity index (χ1) is 11.3. The maximum atomic E-state index is 12.5. The van der Waals surface area contributed by atoms with Gasteiger partial charge in [-0.05, 0) is 23.8 Å². The summed E-state index contributed by atoms with van der Waals surface area (Å²) in [6.45, 7) is 5.08. The highest BCUT2D eigenvalue weighted by atomic mass is 16.5. The number of hydrogen-bond donors (Lipinski definition) is 2. The van der Waals surface area contributed by atoms with Crippen LogP contribution in [0.2, 0.25) is 0 Å². The number of nitrogens with zero attached hydrogens (tertiary/aromatic N) is 3. The average molecular weight is 331 g/mol. The van der Waals surface area contributed by atoms with E-state index in [4.69, 9.17) is 10.5 Å². The smallest absolute Gasteiger partial charge is 0.270 e. The predicted octanol–water partition coefficient (Wildman–Crippen LogP) is 0.750. The van der Waals surface area contributed by atoms with Crippen molar-refractivity contribution in [2.24, 2.45) is 17.1 Å². The standard InChI is InChI=1S/C16H21N5O3/c1-16(2)6-9(16)7-19-15(23)11-4-5-18-14-12(13(17)22)10(8-24-3)20-21(11)14/h4-5,9H,6-8H2,1-3H3,(H2,17,22)(H,19,23). The van der Waals surface area contributed by atoms with E-state index >= 15 is 0 Å². The van der Waals surface area contributed by atoms with Crippen molar-refractivity contribution in [1.29, 1.82) is 0 Å². The van der Waals surface area contributed by atoms with Crippen molar-refractivity contribution < 1.29 is 14.3 Å². The van der Waals surface area contributed by atoms with E-state index in [9.17, 15) is 9.59 Å². The second kappa shape index (κ2) is 5.86. The van der Waals surface area contributed by atoms with Gasteiger partial charge >= 0.3 is 0 Å². The molecule has 0 aromatic carbocycles. The van der Waals surface area contributed by atoms with Gasteiger partial charge in [0.05, 0.1) is 6.61 Å². The molecule has 8 heteroatoms. The number of fused-ring (bicyclic) bond motifs is 1. The Morgan fingerprint density at radius 3 is 2.79 bits per heavy atom. The number of nitrogens with one attached hydrogen (secondary N) is 1. The SMILES string of the molecule is COCc1nn2c(C(=O)NCC3CC3(C)C)ccnc2c1C(N)=O. The molecular weight excluding hydrogens is 310 g/mol. The lowest BCUT2D eigenvalue weighted by atomic mass is 10.1. The summed E-state index contributed by atoms with van der Waals surface area (Å²) >= 11 is 0. The van der Waals surface area contributed by atoms with E-state index in [-0.39, 0.29) is 29.1 Å². The van der Waals surface area contributed by atoms with Crippen molar-refractivity contribution >= 4 is 17.5 Å². The van der Waals surface area contributed by atoms with Gasteiger partial charge in [0.2, 0.25) is 0 Å². The molecule has 0 radical (unpaired) electrons. The summed E-state index contributed by atoms with van der Waals surface area (Å²) in [5.41, 5.74) is 6.82. The Kier molecular flexibility index (Phi) is 4.00. The van der Waals surface area contributed by atoms with Crippen molar-refractivity contribution in [3.8, 4) is 0 Å². The Morgan fingerprint density at radius 2 is 2.21 bits per heavy atom. The van der Waals surface area contributed by atoms with Crippen LogP contribution in [0.3, 0.4) is 0 Å². The van der Waals surface area contributed by atoms with Crippen molar-refractivity contribution in [2.75, 3.05) is 13.7 Å². The number of carbonyl (C=O) groups excluding carboxylic acids is 2. The van der Waals surface area contributed by atoms with Gasteiger partial charge in [0.1, 0.15) is 17.0 Å². The highest BCUT2D eigenvalue weighted by Gasteiger charge is 2.45. The maximum Gasteiger partial charge on any atom is 0.270 e. The first-order valence-corrected chi connectivity index (χ1v) is 7.78. The fraction of sp³-hybridized carbons (Fsp3) is 0.500. The van der Waals surface area contributed by atoms with E-state index in [2.05, 4.69) is 29.2 Å². The lowest BCUT2D eigenvalue weighted by Gasteiger charge is -2.07. The van der Waals surface area contributed by atoms with Crippen LogP contribution < -0.4 is 11.1 Å². The summed E-state index contributed by atoms with van der Waals surface area (Å²) in [5, 5.41) is 7.21. The minimum atomic E-state index is -0.651. The molecule has 0 aliphatic heterocycles. The van der Waals surface area contributed by atoms with Gasteiger partial charge in [-0.15, -0.1) is 0 Å². The molecule has 0 saturated heterocycles. The Hall–Kier alpha value is -2.48. The molecule has 2 amide bonds. The number of primary amides is 1. The summed E-state index contributed by atoms with van der Waals surface area (Å²) in [6, 6.07) is 1.56. The first-order valence-electron chi connectivity index (χ1n) is 7.78. The molecule has 2 heterocycles. The third kappa shape index (κ3) is 2.84. The molecule has 1 aliphatic rings. The molecule has 8 nitrogen and oxygen atoms in total. The summed E-state index contributed by atoms with van der Waals surface area (Å²) in [5.74, 6) is -0.420. The van der Waals surface area contributed by atoms with Crippen LogP contribution in [0.15, 0.2) is 12.3 Å². The number of ether oxygens (including phenoxy) is 1. The van der Waals surface area contributed by atoms with Gasteiger partial charge < -0.3 is 15.8 Å². The van der Waals surface area contributed by atoms with E-state index in [1.54, 1.807) is 6.07 Å². The molecule has 1 aliphatic carbocycles. The van der Waals surface area contributed by atoms with Crippen LogP contribution >= 0.6 is 0 Å². The second-order valence-corrected chi connectivity index (χ2v) is 6.78. The fourth-order valence-electron chi connectivity index (χ4n) is 2.88. The zero-order chi connectivity index (χ0) is 17.5. The van der Waals surface area contributed by atoms with Gasteiger partial charge in [0.15, 0.2) is 5.65 Å². The first kappa shape index (κ1) is 16.4. The molecule has 24 heavy (non-hydrogen) atoms. The Morgan fingerprint density at radius 1 is 1.50 bits per heavy atom. The molecule has 3 N–H and O–H groups in total. The largest absolute Gasteiger partial charge is 0.378 e. The van der Waals surface area contributed by atoms with E-state index in [1.807, 2.05) is 0 Å². The lowest BCUT2D eigenvalue weighted by Crippen LogP contribution is -2.28. The van der Waals surface area contributed by atoms with E-state index in [0.717, 1.165) is 6.42 Å². The van der Waals surface area contributed by atoms with Crippen molar-refractivity contribution in [1.82, 2.24) is 19.9 Å². The summed E-state index contributed by atoms with van der Waals surface area (Å²) in [4.78, 5) is 28.4. The van der Waals surface area contributed by atoms with Gasteiger partial charge in [-0.25, -0.2) is 9.50 Å². The van der Waals surface area contributed by atoms with Gasteiger partial charge in [0.25, 0.3) is 11.8 Å². The van der Waals surface area contributed by atoms with Crippen molar-refractivity contribution in [3.63, 3.8) is 0 Å². The van der Waals surface area contributed by atoms with Crippen molar-refractivity contribution in [3.05, 3.63) is 29.2 Å². The van der Waals surface area contributed by atoms with Crippen LogP contribution in [0.25, 0.3) is 5.65 Å². The van der Waals surface area contributed by atoms with Crippen LogP contribution in [0, 0.1) is 11.3 Å². The lowest BCUT2D eigenvalue weighted by molar-refractivity contribution is 0.0941. The number of aromatic nitrogens is 3.